The zero-order chi connectivity index (χ0) is 12.5. The first kappa shape index (κ1) is 13.8. The summed E-state index contributed by atoms with van der Waals surface area (Å²) in [4.78, 5) is 0. The first-order chi connectivity index (χ1) is 8.22. The van der Waals surface area contributed by atoms with Gasteiger partial charge in [0.2, 0.25) is 0 Å². The normalized spacial score (nSPS) is 12.1. The molecule has 0 saturated heterocycles. The zero-order valence-electron chi connectivity index (χ0n) is 11.0. The lowest BCUT2D eigenvalue weighted by Gasteiger charge is -2.13. The lowest BCUT2D eigenvalue weighted by Crippen LogP contribution is -2.27. The van der Waals surface area contributed by atoms with Crippen LogP contribution in [0.3, 0.4) is 0 Å². The Morgan fingerprint density at radius 3 is 2.94 bits per heavy atom. The van der Waals surface area contributed by atoms with Crippen molar-refractivity contribution in [3.63, 3.8) is 0 Å². The molecule has 0 amide bonds. The molecule has 0 saturated carbocycles. The molecule has 0 aliphatic rings. The van der Waals surface area contributed by atoms with Gasteiger partial charge in [-0.2, -0.15) is 0 Å². The van der Waals surface area contributed by atoms with Crippen molar-refractivity contribution in [2.75, 3.05) is 6.54 Å². The Hall–Kier alpha value is -1.26. The van der Waals surface area contributed by atoms with Gasteiger partial charge in [-0.1, -0.05) is 29.8 Å². The third-order valence-electron chi connectivity index (χ3n) is 2.94. The van der Waals surface area contributed by atoms with E-state index in [9.17, 15) is 0 Å². The highest BCUT2D eigenvalue weighted by molar-refractivity contribution is 5.22. The first-order valence-electron chi connectivity index (χ1n) is 6.44. The maximum Gasteiger partial charge on any atom is 0.00981 e. The van der Waals surface area contributed by atoms with Crippen molar-refractivity contribution in [3.05, 3.63) is 35.4 Å². The number of benzene rings is 1. The van der Waals surface area contributed by atoms with E-state index in [2.05, 4.69) is 49.4 Å². The Labute approximate surface area is 106 Å². The minimum Gasteiger partial charge on any atom is -0.314 e. The van der Waals surface area contributed by atoms with Crippen LogP contribution in [0.2, 0.25) is 0 Å². The van der Waals surface area contributed by atoms with Crippen molar-refractivity contribution >= 4 is 0 Å². The van der Waals surface area contributed by atoms with E-state index in [0.717, 1.165) is 25.8 Å². The van der Waals surface area contributed by atoms with Crippen LogP contribution in [0.1, 0.15) is 37.3 Å². The molecule has 0 aromatic heterocycles. The minimum absolute atomic E-state index is 0.563. The van der Waals surface area contributed by atoms with Gasteiger partial charge in [-0.15, -0.1) is 12.3 Å². The molecular weight excluding hydrogens is 206 g/mol. The molecule has 1 unspecified atom stereocenters. The van der Waals surface area contributed by atoms with E-state index in [-0.39, 0.29) is 0 Å². The number of rotatable bonds is 7. The zero-order valence-corrected chi connectivity index (χ0v) is 11.0. The molecular formula is C16H23N. The molecule has 0 aliphatic heterocycles. The molecule has 1 nitrogen and oxygen atoms in total. The van der Waals surface area contributed by atoms with E-state index in [4.69, 9.17) is 6.42 Å². The van der Waals surface area contributed by atoms with Gasteiger partial charge in [0.25, 0.3) is 0 Å². The summed E-state index contributed by atoms with van der Waals surface area (Å²) in [5.41, 5.74) is 2.78. The van der Waals surface area contributed by atoms with Crippen LogP contribution in [0.25, 0.3) is 0 Å². The smallest absolute Gasteiger partial charge is 0.00981 e. The van der Waals surface area contributed by atoms with Crippen LogP contribution in [0.5, 0.6) is 0 Å². The predicted molar refractivity (Wildman–Crippen MR) is 75.0 cm³/mol. The van der Waals surface area contributed by atoms with Gasteiger partial charge in [-0.3, -0.25) is 0 Å². The van der Waals surface area contributed by atoms with Crippen molar-refractivity contribution < 1.29 is 0 Å². The Kier molecular flexibility index (Phi) is 6.43. The Morgan fingerprint density at radius 1 is 1.41 bits per heavy atom. The number of unbranched alkanes of at least 4 members (excludes halogenated alkanes) is 1. The number of aryl methyl sites for hydroxylation is 2. The molecule has 17 heavy (non-hydrogen) atoms. The monoisotopic (exact) mass is 229 g/mol. The van der Waals surface area contributed by atoms with E-state index in [1.54, 1.807) is 0 Å². The lowest BCUT2D eigenvalue weighted by atomic mass is 10.0. The van der Waals surface area contributed by atoms with Gasteiger partial charge in [0.1, 0.15) is 0 Å². The van der Waals surface area contributed by atoms with Crippen LogP contribution >= 0.6 is 0 Å². The summed E-state index contributed by atoms with van der Waals surface area (Å²) in [6.07, 6.45) is 9.49. The molecule has 1 N–H and O–H groups in total. The van der Waals surface area contributed by atoms with Crippen LogP contribution in [0.4, 0.5) is 0 Å². The van der Waals surface area contributed by atoms with Crippen molar-refractivity contribution in [1.29, 1.82) is 0 Å². The molecule has 0 heterocycles. The molecule has 0 fully saturated rings. The fraction of sp³-hybridized carbons (Fsp3) is 0.500. The summed E-state index contributed by atoms with van der Waals surface area (Å²) in [6, 6.07) is 9.32. The number of hydrogen-bond donors (Lipinski definition) is 1. The minimum atomic E-state index is 0.563. The van der Waals surface area contributed by atoms with Crippen LogP contribution < -0.4 is 5.32 Å². The fourth-order valence-corrected chi connectivity index (χ4v) is 1.89. The molecule has 1 aromatic rings. The average molecular weight is 229 g/mol. The van der Waals surface area contributed by atoms with Crippen LogP contribution in [0.15, 0.2) is 24.3 Å². The van der Waals surface area contributed by atoms with E-state index in [1.165, 1.54) is 17.5 Å². The lowest BCUT2D eigenvalue weighted by molar-refractivity contribution is 0.509. The van der Waals surface area contributed by atoms with Crippen molar-refractivity contribution in [1.82, 2.24) is 5.32 Å². The van der Waals surface area contributed by atoms with Crippen molar-refractivity contribution in [3.8, 4) is 12.3 Å². The van der Waals surface area contributed by atoms with Gasteiger partial charge in [0.15, 0.2) is 0 Å². The van der Waals surface area contributed by atoms with E-state index in [1.807, 2.05) is 0 Å². The first-order valence-corrected chi connectivity index (χ1v) is 6.44. The molecule has 0 spiro atoms. The SMILES string of the molecule is C#CCCCNC(C)CCc1cccc(C)c1. The third-order valence-corrected chi connectivity index (χ3v) is 2.94. The van der Waals surface area contributed by atoms with Crippen LogP contribution in [0, 0.1) is 19.3 Å². The predicted octanol–water partition coefficient (Wildman–Crippen LogP) is 3.32. The standard InChI is InChI=1S/C16H23N/c1-4-5-6-12-17-15(3)10-11-16-9-7-8-14(2)13-16/h1,7-9,13,15,17H,5-6,10-12H2,2-3H3. The highest BCUT2D eigenvalue weighted by Crippen LogP contribution is 2.08. The molecule has 0 radical (unpaired) electrons. The van der Waals surface area contributed by atoms with Gasteiger partial charge in [-0.05, 0) is 45.2 Å². The molecule has 1 atom stereocenters. The van der Waals surface area contributed by atoms with Gasteiger partial charge in [0, 0.05) is 12.5 Å². The summed E-state index contributed by atoms with van der Waals surface area (Å²) in [6.45, 7) is 5.41. The van der Waals surface area contributed by atoms with Gasteiger partial charge >= 0.3 is 0 Å². The Bertz CT molecular complexity index is 362. The summed E-state index contributed by atoms with van der Waals surface area (Å²) >= 11 is 0. The topological polar surface area (TPSA) is 12.0 Å². The second kappa shape index (κ2) is 7.92. The molecule has 1 aromatic carbocycles. The molecule has 1 heteroatoms. The van der Waals surface area contributed by atoms with E-state index >= 15 is 0 Å². The highest BCUT2D eigenvalue weighted by atomic mass is 14.9. The number of nitrogens with one attached hydrogen (secondary N) is 1. The Balaban J connectivity index is 2.19. The largest absolute Gasteiger partial charge is 0.314 e. The van der Waals surface area contributed by atoms with Crippen molar-refractivity contribution in [2.24, 2.45) is 0 Å². The second-order valence-corrected chi connectivity index (χ2v) is 4.69. The molecule has 0 bridgehead atoms. The summed E-state index contributed by atoms with van der Waals surface area (Å²) < 4.78 is 0. The molecule has 92 valence electrons. The fourth-order valence-electron chi connectivity index (χ4n) is 1.89. The van der Waals surface area contributed by atoms with Crippen molar-refractivity contribution in [2.45, 2.75) is 45.6 Å². The van der Waals surface area contributed by atoms with Crippen LogP contribution in [-0.4, -0.2) is 12.6 Å². The van der Waals surface area contributed by atoms with Gasteiger partial charge < -0.3 is 5.32 Å². The number of hydrogen-bond acceptors (Lipinski definition) is 1. The molecule has 0 aliphatic carbocycles. The molecule has 1 rings (SSSR count). The van der Waals surface area contributed by atoms with E-state index in [0.29, 0.717) is 6.04 Å². The highest BCUT2D eigenvalue weighted by Gasteiger charge is 2.01. The number of terminal acetylenes is 1. The summed E-state index contributed by atoms with van der Waals surface area (Å²) in [5.74, 6) is 2.67. The second-order valence-electron chi connectivity index (χ2n) is 4.69. The van der Waals surface area contributed by atoms with Crippen LogP contribution in [-0.2, 0) is 6.42 Å². The quantitative estimate of drug-likeness (QED) is 0.558. The summed E-state index contributed by atoms with van der Waals surface area (Å²) in [7, 11) is 0. The third kappa shape index (κ3) is 6.14. The maximum absolute atomic E-state index is 5.22. The summed E-state index contributed by atoms with van der Waals surface area (Å²) in [5, 5.41) is 3.51. The van der Waals surface area contributed by atoms with Gasteiger partial charge in [-0.25, -0.2) is 0 Å². The van der Waals surface area contributed by atoms with E-state index < -0.39 is 0 Å². The van der Waals surface area contributed by atoms with Gasteiger partial charge in [0.05, 0.1) is 0 Å². The maximum atomic E-state index is 5.22. The average Bonchev–Trinajstić information content (AvgIpc) is 2.32. The Morgan fingerprint density at radius 2 is 2.24 bits per heavy atom.